The highest BCUT2D eigenvalue weighted by Crippen LogP contribution is 2.30. The number of halogens is 1. The number of rotatable bonds is 4. The third-order valence-corrected chi connectivity index (χ3v) is 4.70. The highest BCUT2D eigenvalue weighted by Gasteiger charge is 2.33. The highest BCUT2D eigenvalue weighted by atomic mass is 35.5. The largest absolute Gasteiger partial charge is 0.391 e. The number of aliphatic hydroxyl groups is 1. The smallest absolute Gasteiger partial charge is 0.161 e. The Balaban J connectivity index is 1.45. The Hall–Kier alpha value is -2.18. The number of nitrogens with zero attached hydrogens (tertiary/aromatic N) is 4. The minimum absolute atomic E-state index is 0.00392. The summed E-state index contributed by atoms with van der Waals surface area (Å²) in [6.07, 6.45) is 8.42. The van der Waals surface area contributed by atoms with E-state index in [0.29, 0.717) is 16.6 Å². The summed E-state index contributed by atoms with van der Waals surface area (Å²) in [6.45, 7) is 0.875. The van der Waals surface area contributed by atoms with E-state index in [9.17, 15) is 5.11 Å². The number of aliphatic hydroxyl groups excluding tert-OH is 1. The number of nitrogens with one attached hydrogen (secondary N) is 1. The Morgan fingerprint density at radius 3 is 3.08 bits per heavy atom. The summed E-state index contributed by atoms with van der Waals surface area (Å²) < 4.78 is 2.06. The van der Waals surface area contributed by atoms with Crippen LogP contribution in [0.4, 0.5) is 5.82 Å². The molecule has 0 radical (unpaired) electrons. The molecule has 2 N–H and O–H groups in total. The van der Waals surface area contributed by atoms with Crippen molar-refractivity contribution in [3.05, 3.63) is 48.1 Å². The van der Waals surface area contributed by atoms with Gasteiger partial charge in [-0.2, -0.15) is 0 Å². The first-order valence-corrected chi connectivity index (χ1v) is 8.38. The molecule has 7 heteroatoms. The second kappa shape index (κ2) is 6.37. The van der Waals surface area contributed by atoms with Gasteiger partial charge in [0.05, 0.1) is 23.5 Å². The monoisotopic (exact) mass is 343 g/mol. The minimum Gasteiger partial charge on any atom is -0.391 e. The summed E-state index contributed by atoms with van der Waals surface area (Å²) in [6, 6.07) is 5.67. The quantitative estimate of drug-likeness (QED) is 0.761. The molecule has 24 heavy (non-hydrogen) atoms. The van der Waals surface area contributed by atoms with Gasteiger partial charge in [0, 0.05) is 30.5 Å². The van der Waals surface area contributed by atoms with E-state index in [-0.39, 0.29) is 12.1 Å². The summed E-state index contributed by atoms with van der Waals surface area (Å²) in [5, 5.41) is 15.2. The molecule has 6 nitrogen and oxygen atoms in total. The van der Waals surface area contributed by atoms with E-state index in [4.69, 9.17) is 11.6 Å². The third-order valence-electron chi connectivity index (χ3n) is 4.50. The second-order valence-corrected chi connectivity index (χ2v) is 6.75. The molecule has 0 aromatic carbocycles. The first kappa shape index (κ1) is 15.4. The molecule has 4 rings (SSSR count). The minimum atomic E-state index is -0.380. The van der Waals surface area contributed by atoms with E-state index in [0.717, 1.165) is 30.6 Å². The van der Waals surface area contributed by atoms with Gasteiger partial charge >= 0.3 is 0 Å². The molecule has 3 aromatic rings. The van der Waals surface area contributed by atoms with Crippen molar-refractivity contribution in [1.82, 2.24) is 19.5 Å². The van der Waals surface area contributed by atoms with Gasteiger partial charge in [-0.15, -0.1) is 0 Å². The van der Waals surface area contributed by atoms with Gasteiger partial charge < -0.3 is 15.0 Å². The molecular weight excluding hydrogens is 326 g/mol. The van der Waals surface area contributed by atoms with E-state index in [1.165, 1.54) is 0 Å². The van der Waals surface area contributed by atoms with E-state index in [2.05, 4.69) is 24.8 Å². The van der Waals surface area contributed by atoms with Crippen LogP contribution in [0.5, 0.6) is 0 Å². The molecule has 1 fully saturated rings. The lowest BCUT2D eigenvalue weighted by Gasteiger charge is -2.17. The van der Waals surface area contributed by atoms with E-state index < -0.39 is 0 Å². The van der Waals surface area contributed by atoms with Gasteiger partial charge in [-0.3, -0.25) is 0 Å². The maximum absolute atomic E-state index is 10.4. The van der Waals surface area contributed by atoms with E-state index in [1.54, 1.807) is 12.4 Å². The lowest BCUT2D eigenvalue weighted by molar-refractivity contribution is 0.166. The SMILES string of the molecule is O[C@@H]1CC(Cn2ccnc2)C[C@H]1Nc1ccc2cc(Cl)cnc2n1. The second-order valence-electron chi connectivity index (χ2n) is 6.31. The molecular formula is C17H18ClN5O. The molecule has 1 aliphatic rings. The van der Waals surface area contributed by atoms with Crippen molar-refractivity contribution in [2.75, 3.05) is 5.32 Å². The summed E-state index contributed by atoms with van der Waals surface area (Å²) in [4.78, 5) is 12.8. The molecule has 0 spiro atoms. The van der Waals surface area contributed by atoms with Crippen molar-refractivity contribution >= 4 is 28.5 Å². The summed E-state index contributed by atoms with van der Waals surface area (Å²) in [7, 11) is 0. The van der Waals surface area contributed by atoms with Crippen LogP contribution in [0.15, 0.2) is 43.1 Å². The van der Waals surface area contributed by atoms with Crippen molar-refractivity contribution in [1.29, 1.82) is 0 Å². The van der Waals surface area contributed by atoms with Crippen LogP contribution in [0.2, 0.25) is 5.02 Å². The zero-order valence-electron chi connectivity index (χ0n) is 13.0. The molecule has 0 aliphatic heterocycles. The van der Waals surface area contributed by atoms with Crippen LogP contribution in [0, 0.1) is 5.92 Å². The predicted molar refractivity (Wildman–Crippen MR) is 92.9 cm³/mol. The Bertz CT molecular complexity index is 838. The molecule has 1 aliphatic carbocycles. The van der Waals surface area contributed by atoms with Crippen molar-refractivity contribution in [3.63, 3.8) is 0 Å². The van der Waals surface area contributed by atoms with Gasteiger partial charge in [0.25, 0.3) is 0 Å². The van der Waals surface area contributed by atoms with Crippen LogP contribution in [-0.2, 0) is 6.54 Å². The number of pyridine rings is 2. The zero-order valence-corrected chi connectivity index (χ0v) is 13.8. The van der Waals surface area contributed by atoms with Gasteiger partial charge in [0.15, 0.2) is 5.65 Å². The van der Waals surface area contributed by atoms with Crippen molar-refractivity contribution in [2.45, 2.75) is 31.5 Å². The van der Waals surface area contributed by atoms with Gasteiger partial charge in [-0.1, -0.05) is 11.6 Å². The molecule has 124 valence electrons. The first-order chi connectivity index (χ1) is 11.7. The molecule has 0 saturated heterocycles. The summed E-state index contributed by atoms with van der Waals surface area (Å²) in [5.74, 6) is 1.15. The fourth-order valence-corrected chi connectivity index (χ4v) is 3.54. The van der Waals surface area contributed by atoms with Gasteiger partial charge in [-0.25, -0.2) is 15.0 Å². The Morgan fingerprint density at radius 2 is 2.25 bits per heavy atom. The Labute approximate surface area is 144 Å². The lowest BCUT2D eigenvalue weighted by Crippen LogP contribution is -2.28. The van der Waals surface area contributed by atoms with Crippen LogP contribution in [0.3, 0.4) is 0 Å². The summed E-state index contributed by atoms with van der Waals surface area (Å²) in [5.41, 5.74) is 0.645. The van der Waals surface area contributed by atoms with Crippen molar-refractivity contribution in [2.24, 2.45) is 5.92 Å². The highest BCUT2D eigenvalue weighted by molar-refractivity contribution is 6.31. The number of hydrogen-bond acceptors (Lipinski definition) is 5. The normalized spacial score (nSPS) is 23.7. The standard InChI is InChI=1S/C17H18ClN5O/c18-13-7-12-1-2-16(22-17(12)20-8-13)21-14-5-11(6-15(14)24)9-23-4-3-19-10-23/h1-4,7-8,10-11,14-15,24H,5-6,9H2,(H,20,21,22)/t11?,14-,15-/m1/s1. The molecule has 0 bridgehead atoms. The molecule has 1 saturated carbocycles. The lowest BCUT2D eigenvalue weighted by atomic mass is 10.1. The van der Waals surface area contributed by atoms with E-state index in [1.807, 2.05) is 30.7 Å². The predicted octanol–water partition coefficient (Wildman–Crippen LogP) is 2.73. The third kappa shape index (κ3) is 3.20. The fourth-order valence-electron chi connectivity index (χ4n) is 3.37. The number of aromatic nitrogens is 4. The van der Waals surface area contributed by atoms with Crippen LogP contribution in [-0.4, -0.2) is 36.8 Å². The van der Waals surface area contributed by atoms with Crippen molar-refractivity contribution in [3.8, 4) is 0 Å². The van der Waals surface area contributed by atoms with Gasteiger partial charge in [0.2, 0.25) is 0 Å². The average Bonchev–Trinajstić information content (AvgIpc) is 3.18. The van der Waals surface area contributed by atoms with Crippen LogP contribution < -0.4 is 5.32 Å². The number of imidazole rings is 1. The Morgan fingerprint density at radius 1 is 1.33 bits per heavy atom. The van der Waals surface area contributed by atoms with Crippen molar-refractivity contribution < 1.29 is 5.11 Å². The number of fused-ring (bicyclic) bond motifs is 1. The molecule has 3 heterocycles. The molecule has 3 atom stereocenters. The van der Waals surface area contributed by atoms with Crippen LogP contribution in [0.1, 0.15) is 12.8 Å². The first-order valence-electron chi connectivity index (χ1n) is 8.00. The molecule has 1 unspecified atom stereocenters. The zero-order chi connectivity index (χ0) is 16.5. The average molecular weight is 344 g/mol. The summed E-state index contributed by atoms with van der Waals surface area (Å²) >= 11 is 5.94. The number of hydrogen-bond donors (Lipinski definition) is 2. The fraction of sp³-hybridized carbons (Fsp3) is 0.353. The van der Waals surface area contributed by atoms with Gasteiger partial charge in [0.1, 0.15) is 5.82 Å². The number of anilines is 1. The van der Waals surface area contributed by atoms with Crippen LogP contribution in [0.25, 0.3) is 11.0 Å². The Kier molecular flexibility index (Phi) is 4.08. The van der Waals surface area contributed by atoms with Gasteiger partial charge in [-0.05, 0) is 37.0 Å². The molecule has 3 aromatic heterocycles. The maximum Gasteiger partial charge on any atom is 0.161 e. The topological polar surface area (TPSA) is 75.9 Å². The van der Waals surface area contributed by atoms with E-state index >= 15 is 0 Å². The molecule has 0 amide bonds. The van der Waals surface area contributed by atoms with Crippen LogP contribution >= 0.6 is 11.6 Å². The maximum atomic E-state index is 10.4.